The first-order valence-corrected chi connectivity index (χ1v) is 7.52. The predicted octanol–water partition coefficient (Wildman–Crippen LogP) is 3.51. The minimum absolute atomic E-state index is 0.0988. The Labute approximate surface area is 133 Å². The molecule has 0 aromatic heterocycles. The summed E-state index contributed by atoms with van der Waals surface area (Å²) in [5.74, 6) is -0.737. The molecule has 23 heavy (non-hydrogen) atoms. The average molecular weight is 312 g/mol. The Morgan fingerprint density at radius 3 is 2.74 bits per heavy atom. The van der Waals surface area contributed by atoms with E-state index in [1.54, 1.807) is 23.1 Å². The van der Waals surface area contributed by atoms with Crippen molar-refractivity contribution in [2.45, 2.75) is 19.8 Å². The van der Waals surface area contributed by atoms with Crippen molar-refractivity contribution in [1.29, 1.82) is 0 Å². The van der Waals surface area contributed by atoms with E-state index in [4.69, 9.17) is 0 Å². The van der Waals surface area contributed by atoms with Crippen LogP contribution >= 0.6 is 0 Å². The molecule has 1 aliphatic rings. The summed E-state index contributed by atoms with van der Waals surface area (Å²) in [6.45, 7) is 2.63. The second-order valence-electron chi connectivity index (χ2n) is 5.61. The number of amides is 2. The van der Waals surface area contributed by atoms with Gasteiger partial charge in [0.15, 0.2) is 0 Å². The monoisotopic (exact) mass is 312 g/mol. The molecule has 2 aromatic rings. The van der Waals surface area contributed by atoms with Gasteiger partial charge in [-0.25, -0.2) is 4.39 Å². The van der Waals surface area contributed by atoms with E-state index in [2.05, 4.69) is 5.32 Å². The zero-order chi connectivity index (χ0) is 16.4. The average Bonchev–Trinajstić information content (AvgIpc) is 2.95. The lowest BCUT2D eigenvalue weighted by molar-refractivity contribution is -0.117. The molecule has 4 nitrogen and oxygen atoms in total. The van der Waals surface area contributed by atoms with Crippen LogP contribution in [0.4, 0.5) is 15.8 Å². The lowest BCUT2D eigenvalue weighted by atomic mass is 10.1. The molecule has 3 rings (SSSR count). The zero-order valence-electron chi connectivity index (χ0n) is 12.8. The third-order valence-electron chi connectivity index (χ3n) is 3.92. The maximum absolute atomic E-state index is 13.2. The number of hydrogen-bond donors (Lipinski definition) is 1. The predicted molar refractivity (Wildman–Crippen MR) is 87.1 cm³/mol. The number of halogens is 1. The molecule has 118 valence electrons. The molecule has 2 amide bonds. The van der Waals surface area contributed by atoms with Crippen LogP contribution in [0.2, 0.25) is 0 Å². The Balaban J connectivity index is 1.83. The van der Waals surface area contributed by atoms with Gasteiger partial charge in [0.1, 0.15) is 5.82 Å². The Bertz CT molecular complexity index is 773. The fraction of sp³-hybridized carbons (Fsp3) is 0.222. The molecule has 1 heterocycles. The van der Waals surface area contributed by atoms with E-state index < -0.39 is 5.82 Å². The summed E-state index contributed by atoms with van der Waals surface area (Å²) in [6, 6.07) is 11.0. The summed E-state index contributed by atoms with van der Waals surface area (Å²) in [5, 5.41) is 2.75. The van der Waals surface area contributed by atoms with Crippen molar-refractivity contribution in [3.8, 4) is 0 Å². The highest BCUT2D eigenvalue weighted by atomic mass is 19.1. The highest BCUT2D eigenvalue weighted by molar-refractivity contribution is 6.05. The Morgan fingerprint density at radius 1 is 1.22 bits per heavy atom. The number of hydrogen-bond acceptors (Lipinski definition) is 2. The molecule has 0 unspecified atom stereocenters. The number of rotatable bonds is 3. The highest BCUT2D eigenvalue weighted by Gasteiger charge is 2.23. The summed E-state index contributed by atoms with van der Waals surface area (Å²) >= 11 is 0. The summed E-state index contributed by atoms with van der Waals surface area (Å²) in [5.41, 5.74) is 2.62. The Morgan fingerprint density at radius 2 is 2.04 bits per heavy atom. The number of anilines is 2. The molecule has 1 aliphatic heterocycles. The van der Waals surface area contributed by atoms with Crippen LogP contribution < -0.4 is 10.2 Å². The van der Waals surface area contributed by atoms with Crippen molar-refractivity contribution in [2.24, 2.45) is 0 Å². The van der Waals surface area contributed by atoms with Crippen LogP contribution in [0, 0.1) is 12.7 Å². The van der Waals surface area contributed by atoms with E-state index >= 15 is 0 Å². The third-order valence-corrected chi connectivity index (χ3v) is 3.92. The second kappa shape index (κ2) is 6.20. The maximum Gasteiger partial charge on any atom is 0.255 e. The normalized spacial score (nSPS) is 14.2. The van der Waals surface area contributed by atoms with Crippen LogP contribution in [-0.4, -0.2) is 18.4 Å². The molecule has 0 saturated carbocycles. The van der Waals surface area contributed by atoms with Crippen molar-refractivity contribution in [2.75, 3.05) is 16.8 Å². The van der Waals surface area contributed by atoms with Crippen LogP contribution in [0.15, 0.2) is 42.5 Å². The molecular weight excluding hydrogens is 295 g/mol. The third kappa shape index (κ3) is 3.23. The molecule has 1 fully saturated rings. The molecule has 0 spiro atoms. The number of benzene rings is 2. The van der Waals surface area contributed by atoms with Crippen LogP contribution in [0.25, 0.3) is 0 Å². The van der Waals surface area contributed by atoms with Crippen molar-refractivity contribution in [1.82, 2.24) is 0 Å². The van der Waals surface area contributed by atoms with E-state index in [-0.39, 0.29) is 17.4 Å². The molecule has 0 aliphatic carbocycles. The van der Waals surface area contributed by atoms with Gasteiger partial charge in [0.05, 0.1) is 0 Å². The van der Waals surface area contributed by atoms with Crippen LogP contribution in [0.3, 0.4) is 0 Å². The Hall–Kier alpha value is -2.69. The molecule has 5 heteroatoms. The van der Waals surface area contributed by atoms with Gasteiger partial charge in [0.2, 0.25) is 5.91 Å². The van der Waals surface area contributed by atoms with Crippen molar-refractivity contribution < 1.29 is 14.0 Å². The standard InChI is InChI=1S/C18H17FN2O2/c1-12-7-8-15(11-16(12)21-9-3-6-17(21)22)20-18(23)13-4-2-5-14(19)10-13/h2,4-5,7-8,10-11H,3,6,9H2,1H3,(H,20,23). The van der Waals surface area contributed by atoms with Gasteiger partial charge in [-0.05, 0) is 49.2 Å². The molecule has 0 bridgehead atoms. The fourth-order valence-electron chi connectivity index (χ4n) is 2.71. The van der Waals surface area contributed by atoms with Gasteiger partial charge in [-0.15, -0.1) is 0 Å². The van der Waals surface area contributed by atoms with Crippen molar-refractivity contribution in [3.63, 3.8) is 0 Å². The lowest BCUT2D eigenvalue weighted by Gasteiger charge is -2.19. The van der Waals surface area contributed by atoms with Crippen LogP contribution in [-0.2, 0) is 4.79 Å². The molecule has 0 radical (unpaired) electrons. The van der Waals surface area contributed by atoms with E-state index in [1.165, 1.54) is 18.2 Å². The smallest absolute Gasteiger partial charge is 0.255 e. The van der Waals surface area contributed by atoms with Gasteiger partial charge in [0.25, 0.3) is 5.91 Å². The van der Waals surface area contributed by atoms with Crippen LogP contribution in [0.1, 0.15) is 28.8 Å². The molecule has 1 saturated heterocycles. The second-order valence-corrected chi connectivity index (χ2v) is 5.61. The van der Waals surface area contributed by atoms with E-state index in [0.29, 0.717) is 18.7 Å². The Kier molecular flexibility index (Phi) is 4.10. The van der Waals surface area contributed by atoms with E-state index in [0.717, 1.165) is 17.7 Å². The zero-order valence-corrected chi connectivity index (χ0v) is 12.8. The summed E-state index contributed by atoms with van der Waals surface area (Å²) < 4.78 is 13.2. The quantitative estimate of drug-likeness (QED) is 0.943. The van der Waals surface area contributed by atoms with Gasteiger partial charge in [-0.1, -0.05) is 12.1 Å². The molecular formula is C18H17FN2O2. The van der Waals surface area contributed by atoms with Crippen molar-refractivity contribution >= 4 is 23.2 Å². The first-order chi connectivity index (χ1) is 11.0. The SMILES string of the molecule is Cc1ccc(NC(=O)c2cccc(F)c2)cc1N1CCCC1=O. The minimum Gasteiger partial charge on any atom is -0.322 e. The molecule has 0 atom stereocenters. The lowest BCUT2D eigenvalue weighted by Crippen LogP contribution is -2.24. The topological polar surface area (TPSA) is 49.4 Å². The fourth-order valence-corrected chi connectivity index (χ4v) is 2.71. The van der Waals surface area contributed by atoms with E-state index in [9.17, 15) is 14.0 Å². The first-order valence-electron chi connectivity index (χ1n) is 7.52. The summed E-state index contributed by atoms with van der Waals surface area (Å²) in [7, 11) is 0. The van der Waals surface area contributed by atoms with Gasteiger partial charge >= 0.3 is 0 Å². The number of nitrogens with one attached hydrogen (secondary N) is 1. The van der Waals surface area contributed by atoms with Gasteiger partial charge < -0.3 is 10.2 Å². The minimum atomic E-state index is -0.454. The number of carbonyl (C=O) groups excluding carboxylic acids is 2. The first kappa shape index (κ1) is 15.2. The number of aryl methyl sites for hydroxylation is 1. The highest BCUT2D eigenvalue weighted by Crippen LogP contribution is 2.28. The summed E-state index contributed by atoms with van der Waals surface area (Å²) in [6.07, 6.45) is 1.40. The van der Waals surface area contributed by atoms with Gasteiger partial charge in [-0.2, -0.15) is 0 Å². The largest absolute Gasteiger partial charge is 0.322 e. The maximum atomic E-state index is 13.2. The van der Waals surface area contributed by atoms with E-state index in [1.807, 2.05) is 13.0 Å². The molecule has 1 N–H and O–H groups in total. The van der Waals surface area contributed by atoms with Crippen LogP contribution in [0.5, 0.6) is 0 Å². The van der Waals surface area contributed by atoms with Gasteiger partial charge in [0, 0.05) is 29.9 Å². The van der Waals surface area contributed by atoms with Crippen molar-refractivity contribution in [3.05, 3.63) is 59.4 Å². The molecule has 2 aromatic carbocycles. The number of nitrogens with zero attached hydrogens (tertiary/aromatic N) is 1. The van der Waals surface area contributed by atoms with Gasteiger partial charge in [-0.3, -0.25) is 9.59 Å². The number of carbonyl (C=O) groups is 2. The summed E-state index contributed by atoms with van der Waals surface area (Å²) in [4.78, 5) is 25.8.